The third kappa shape index (κ3) is 2.77. The van der Waals surface area contributed by atoms with Crippen LogP contribution in [0.1, 0.15) is 85.5 Å². The average Bonchev–Trinajstić information content (AvgIpc) is 2.82. The van der Waals surface area contributed by atoms with Gasteiger partial charge in [0.2, 0.25) is 0 Å². The Labute approximate surface area is 148 Å². The lowest BCUT2D eigenvalue weighted by atomic mass is 9.50. The molecule has 3 unspecified atom stereocenters. The largest absolute Gasteiger partial charge is 0.372 e. The van der Waals surface area contributed by atoms with E-state index in [1.807, 2.05) is 0 Å². The molecule has 136 valence electrons. The van der Waals surface area contributed by atoms with Crippen molar-refractivity contribution in [2.45, 2.75) is 97.2 Å². The fourth-order valence-electron chi connectivity index (χ4n) is 7.23. The molecule has 0 heterocycles. The highest BCUT2D eigenvalue weighted by Gasteiger charge is 2.57. The second-order valence-corrected chi connectivity index (χ2v) is 10.6. The van der Waals surface area contributed by atoms with Gasteiger partial charge >= 0.3 is 0 Å². The van der Waals surface area contributed by atoms with Crippen LogP contribution in [0.4, 0.5) is 0 Å². The van der Waals surface area contributed by atoms with E-state index in [1.165, 1.54) is 44.9 Å². The van der Waals surface area contributed by atoms with Crippen LogP contribution in [0, 0.1) is 35.0 Å². The first-order chi connectivity index (χ1) is 11.3. The summed E-state index contributed by atoms with van der Waals surface area (Å²) in [5.41, 5.74) is 0.368. The molecule has 0 radical (unpaired) electrons. The molecule has 4 saturated carbocycles. The molecule has 0 aromatic heterocycles. The van der Waals surface area contributed by atoms with Gasteiger partial charge in [-0.15, -0.1) is 0 Å². The molecule has 2 nitrogen and oxygen atoms in total. The molecule has 0 N–H and O–H groups in total. The summed E-state index contributed by atoms with van der Waals surface area (Å²) in [5.74, 6) is 4.79. The van der Waals surface area contributed by atoms with Gasteiger partial charge in [-0.1, -0.05) is 6.92 Å². The van der Waals surface area contributed by atoms with E-state index in [-0.39, 0.29) is 5.60 Å². The van der Waals surface area contributed by atoms with Crippen molar-refractivity contribution in [2.75, 3.05) is 0 Å². The maximum atomic E-state index is 11.9. The van der Waals surface area contributed by atoms with Crippen molar-refractivity contribution in [1.82, 2.24) is 0 Å². The zero-order valence-electron chi connectivity index (χ0n) is 16.1. The van der Waals surface area contributed by atoms with E-state index in [9.17, 15) is 4.79 Å². The number of Topliss-reactive ketones (excluding diaryl/α,β-unsaturated/α-hetero) is 1. The number of hydrogen-bond acceptors (Lipinski definition) is 2. The van der Waals surface area contributed by atoms with Crippen molar-refractivity contribution < 1.29 is 9.53 Å². The van der Waals surface area contributed by atoms with Gasteiger partial charge in [-0.3, -0.25) is 4.79 Å². The molecule has 4 rings (SSSR count). The summed E-state index contributed by atoms with van der Waals surface area (Å²) >= 11 is 0. The maximum Gasteiger partial charge on any atom is 0.133 e. The monoisotopic (exact) mass is 332 g/mol. The summed E-state index contributed by atoms with van der Waals surface area (Å²) in [6.07, 6.45) is 11.4. The summed E-state index contributed by atoms with van der Waals surface area (Å²) in [4.78, 5) is 11.9. The van der Waals surface area contributed by atoms with E-state index in [2.05, 4.69) is 27.7 Å². The van der Waals surface area contributed by atoms with Gasteiger partial charge < -0.3 is 4.74 Å². The number of carbonyl (C=O) groups excluding carboxylic acids is 1. The minimum Gasteiger partial charge on any atom is -0.372 e. The standard InChI is InChI=1S/C22H36O2/c1-21(2,3)24-20-10-9-19-18-7-5-14-13-15(23)6-8-16(14)17(18)11-12-22(19,20)4/h14,16-20H,5-13H2,1-4H3/t14-,16-,17?,18?,19?,20-,22-/m0/s1. The van der Waals surface area contributed by atoms with Gasteiger partial charge in [0, 0.05) is 12.8 Å². The number of fused-ring (bicyclic) bond motifs is 5. The topological polar surface area (TPSA) is 26.3 Å². The Kier molecular flexibility index (Phi) is 4.14. The predicted molar refractivity (Wildman–Crippen MR) is 96.7 cm³/mol. The average molecular weight is 333 g/mol. The minimum absolute atomic E-state index is 0.0270. The van der Waals surface area contributed by atoms with Crippen LogP contribution in [-0.2, 0) is 9.53 Å². The van der Waals surface area contributed by atoms with Crippen LogP contribution < -0.4 is 0 Å². The SMILES string of the molecule is CC(C)(C)O[C@H]1CCC2C3CC[C@H]4CC(=O)CC[C@@H]4C3CC[C@@]21C. The number of ketones is 1. The highest BCUT2D eigenvalue weighted by Crippen LogP contribution is 2.63. The first-order valence-corrected chi connectivity index (χ1v) is 10.5. The summed E-state index contributed by atoms with van der Waals surface area (Å²) in [7, 11) is 0. The summed E-state index contributed by atoms with van der Waals surface area (Å²) in [6, 6.07) is 0. The van der Waals surface area contributed by atoms with E-state index in [0.717, 1.165) is 42.4 Å². The Bertz CT molecular complexity index is 505. The summed E-state index contributed by atoms with van der Waals surface area (Å²) in [6.45, 7) is 9.16. The molecule has 24 heavy (non-hydrogen) atoms. The zero-order chi connectivity index (χ0) is 17.1. The van der Waals surface area contributed by atoms with Crippen LogP contribution in [0.25, 0.3) is 0 Å². The van der Waals surface area contributed by atoms with Gasteiger partial charge in [-0.25, -0.2) is 0 Å². The van der Waals surface area contributed by atoms with E-state index >= 15 is 0 Å². The smallest absolute Gasteiger partial charge is 0.133 e. The van der Waals surface area contributed by atoms with E-state index in [0.29, 0.717) is 17.3 Å². The van der Waals surface area contributed by atoms with Gasteiger partial charge in [0.1, 0.15) is 5.78 Å². The molecule has 4 fully saturated rings. The van der Waals surface area contributed by atoms with Crippen LogP contribution >= 0.6 is 0 Å². The normalized spacial score (nSPS) is 48.6. The molecule has 0 bridgehead atoms. The van der Waals surface area contributed by atoms with Gasteiger partial charge in [0.25, 0.3) is 0 Å². The fraction of sp³-hybridized carbons (Fsp3) is 0.955. The molecule has 0 saturated heterocycles. The molecular weight excluding hydrogens is 296 g/mol. The Morgan fingerprint density at radius 2 is 1.75 bits per heavy atom. The molecule has 0 aromatic carbocycles. The molecule has 0 amide bonds. The van der Waals surface area contributed by atoms with Crippen molar-refractivity contribution in [2.24, 2.45) is 35.0 Å². The Hall–Kier alpha value is -0.370. The fourth-order valence-corrected chi connectivity index (χ4v) is 7.23. The second kappa shape index (κ2) is 5.83. The van der Waals surface area contributed by atoms with Gasteiger partial charge in [0.05, 0.1) is 11.7 Å². The number of hydrogen-bond donors (Lipinski definition) is 0. The van der Waals surface area contributed by atoms with Crippen LogP contribution in [0.5, 0.6) is 0 Å². The summed E-state index contributed by atoms with van der Waals surface area (Å²) in [5, 5.41) is 0. The lowest BCUT2D eigenvalue weighted by molar-refractivity contribution is -0.143. The quantitative estimate of drug-likeness (QED) is 0.643. The van der Waals surface area contributed by atoms with Crippen LogP contribution in [0.15, 0.2) is 0 Å². The molecule has 0 spiro atoms. The lowest BCUT2D eigenvalue weighted by Gasteiger charge is -2.55. The summed E-state index contributed by atoms with van der Waals surface area (Å²) < 4.78 is 6.53. The molecular formula is C22H36O2. The van der Waals surface area contributed by atoms with Crippen molar-refractivity contribution in [3.63, 3.8) is 0 Å². The molecule has 4 aliphatic rings. The van der Waals surface area contributed by atoms with Crippen molar-refractivity contribution in [3.8, 4) is 0 Å². The van der Waals surface area contributed by atoms with Crippen LogP contribution in [-0.4, -0.2) is 17.5 Å². The molecule has 4 aliphatic carbocycles. The van der Waals surface area contributed by atoms with Crippen molar-refractivity contribution in [1.29, 1.82) is 0 Å². The predicted octanol–water partition coefficient (Wildman–Crippen LogP) is 5.39. The Balaban J connectivity index is 1.52. The maximum absolute atomic E-state index is 11.9. The Morgan fingerprint density at radius 3 is 2.50 bits per heavy atom. The van der Waals surface area contributed by atoms with Gasteiger partial charge in [-0.2, -0.15) is 0 Å². The Morgan fingerprint density at radius 1 is 0.958 bits per heavy atom. The first kappa shape index (κ1) is 17.1. The van der Waals surface area contributed by atoms with Crippen LogP contribution in [0.2, 0.25) is 0 Å². The number of rotatable bonds is 1. The lowest BCUT2D eigenvalue weighted by Crippen LogP contribution is -2.50. The highest BCUT2D eigenvalue weighted by atomic mass is 16.5. The van der Waals surface area contributed by atoms with E-state index < -0.39 is 0 Å². The number of ether oxygens (including phenoxy) is 1. The first-order valence-electron chi connectivity index (χ1n) is 10.5. The minimum atomic E-state index is -0.0270. The van der Waals surface area contributed by atoms with Crippen LogP contribution in [0.3, 0.4) is 0 Å². The van der Waals surface area contributed by atoms with Gasteiger partial charge in [-0.05, 0) is 101 Å². The number of carbonyl (C=O) groups is 1. The molecule has 2 heteroatoms. The molecule has 7 atom stereocenters. The van der Waals surface area contributed by atoms with E-state index in [4.69, 9.17) is 4.74 Å². The van der Waals surface area contributed by atoms with E-state index in [1.54, 1.807) is 0 Å². The third-order valence-corrected chi connectivity index (χ3v) is 8.17. The van der Waals surface area contributed by atoms with Crippen molar-refractivity contribution >= 4 is 5.78 Å². The highest BCUT2D eigenvalue weighted by molar-refractivity contribution is 5.79. The third-order valence-electron chi connectivity index (χ3n) is 8.17. The molecule has 0 aromatic rings. The van der Waals surface area contributed by atoms with Crippen molar-refractivity contribution in [3.05, 3.63) is 0 Å². The zero-order valence-corrected chi connectivity index (χ0v) is 16.1. The van der Waals surface area contributed by atoms with Gasteiger partial charge in [0.15, 0.2) is 0 Å². The molecule has 0 aliphatic heterocycles. The second-order valence-electron chi connectivity index (χ2n) is 10.6.